The number of rotatable bonds is 4. The lowest BCUT2D eigenvalue weighted by atomic mass is 10.2. The van der Waals surface area contributed by atoms with Crippen molar-refractivity contribution in [2.75, 3.05) is 6.61 Å². The average Bonchev–Trinajstić information content (AvgIpc) is 3.06. The zero-order valence-electron chi connectivity index (χ0n) is 11.5. The van der Waals surface area contributed by atoms with Crippen LogP contribution in [0.3, 0.4) is 0 Å². The smallest absolute Gasteiger partial charge is 0.218 e. The Bertz CT molecular complexity index is 784. The second kappa shape index (κ2) is 5.75. The molecule has 0 radical (unpaired) electrons. The summed E-state index contributed by atoms with van der Waals surface area (Å²) in [6.07, 6.45) is 3.54. The maximum Gasteiger partial charge on any atom is 0.218 e. The first-order valence-electron chi connectivity index (χ1n) is 6.47. The molecule has 6 nitrogen and oxygen atoms in total. The van der Waals surface area contributed by atoms with Crippen molar-refractivity contribution < 1.29 is 4.74 Å². The molecule has 1 atom stereocenters. The summed E-state index contributed by atoms with van der Waals surface area (Å²) in [4.78, 5) is 4.21. The van der Waals surface area contributed by atoms with Gasteiger partial charge in [0, 0.05) is 23.9 Å². The van der Waals surface area contributed by atoms with E-state index in [0.717, 1.165) is 11.1 Å². The fourth-order valence-electron chi connectivity index (χ4n) is 2.10. The minimum Gasteiger partial charge on any atom is -0.357 e. The lowest BCUT2D eigenvalue weighted by Crippen LogP contribution is -2.09. The Balaban J connectivity index is 2.02. The molecule has 0 aliphatic heterocycles. The molecule has 3 rings (SSSR count). The van der Waals surface area contributed by atoms with Crippen molar-refractivity contribution >= 4 is 33.2 Å². The number of pyridine rings is 1. The van der Waals surface area contributed by atoms with Crippen LogP contribution in [0.4, 0.5) is 0 Å². The number of aromatic nitrogens is 5. The zero-order chi connectivity index (χ0) is 15.0. The van der Waals surface area contributed by atoms with E-state index in [1.165, 1.54) is 0 Å². The SMILES string of the molecule is CCOC(C)n1cc(-c2ccc3nc(Br)nn3c2Cl)cn1. The minimum absolute atomic E-state index is 0.119. The summed E-state index contributed by atoms with van der Waals surface area (Å²) in [5.41, 5.74) is 2.43. The van der Waals surface area contributed by atoms with E-state index in [1.807, 2.05) is 32.2 Å². The van der Waals surface area contributed by atoms with Gasteiger partial charge in [0.25, 0.3) is 0 Å². The summed E-state index contributed by atoms with van der Waals surface area (Å²) in [7, 11) is 0. The van der Waals surface area contributed by atoms with Crippen LogP contribution in [0.25, 0.3) is 16.8 Å². The molecule has 1 unspecified atom stereocenters. The second-order valence-electron chi connectivity index (χ2n) is 4.45. The number of hydrogen-bond acceptors (Lipinski definition) is 4. The lowest BCUT2D eigenvalue weighted by Gasteiger charge is -2.11. The normalized spacial score (nSPS) is 13.0. The van der Waals surface area contributed by atoms with Gasteiger partial charge in [-0.1, -0.05) is 11.6 Å². The summed E-state index contributed by atoms with van der Waals surface area (Å²) in [6, 6.07) is 3.77. The Hall–Kier alpha value is -1.44. The fourth-order valence-corrected chi connectivity index (χ4v) is 2.74. The third kappa shape index (κ3) is 2.68. The molecule has 0 bridgehead atoms. The fraction of sp³-hybridized carbons (Fsp3) is 0.308. The molecule has 0 amide bonds. The number of nitrogens with zero attached hydrogens (tertiary/aromatic N) is 5. The van der Waals surface area contributed by atoms with E-state index >= 15 is 0 Å². The summed E-state index contributed by atoms with van der Waals surface area (Å²) >= 11 is 9.66. The van der Waals surface area contributed by atoms with Gasteiger partial charge in [-0.3, -0.25) is 0 Å². The van der Waals surface area contributed by atoms with Crippen molar-refractivity contribution in [1.82, 2.24) is 24.4 Å². The third-order valence-corrected chi connectivity index (χ3v) is 3.81. The predicted molar refractivity (Wildman–Crippen MR) is 83.3 cm³/mol. The van der Waals surface area contributed by atoms with Crippen LogP contribution < -0.4 is 0 Å². The van der Waals surface area contributed by atoms with Gasteiger partial charge in [-0.15, -0.1) is 5.10 Å². The molecule has 0 saturated carbocycles. The molecule has 3 aromatic heterocycles. The Morgan fingerprint density at radius 2 is 2.24 bits per heavy atom. The highest BCUT2D eigenvalue weighted by molar-refractivity contribution is 9.10. The molecule has 0 aromatic carbocycles. The van der Waals surface area contributed by atoms with E-state index in [2.05, 4.69) is 31.1 Å². The Labute approximate surface area is 134 Å². The van der Waals surface area contributed by atoms with Crippen molar-refractivity contribution in [2.45, 2.75) is 20.1 Å². The highest BCUT2D eigenvalue weighted by atomic mass is 79.9. The molecule has 0 N–H and O–H groups in total. The van der Waals surface area contributed by atoms with E-state index in [1.54, 1.807) is 15.4 Å². The third-order valence-electron chi connectivity index (χ3n) is 3.11. The van der Waals surface area contributed by atoms with Crippen molar-refractivity contribution in [1.29, 1.82) is 0 Å². The maximum atomic E-state index is 6.41. The molecule has 110 valence electrons. The van der Waals surface area contributed by atoms with Crippen molar-refractivity contribution in [3.63, 3.8) is 0 Å². The molecule has 0 fully saturated rings. The van der Waals surface area contributed by atoms with E-state index in [4.69, 9.17) is 16.3 Å². The molecule has 0 aliphatic rings. The second-order valence-corrected chi connectivity index (χ2v) is 5.52. The van der Waals surface area contributed by atoms with Gasteiger partial charge < -0.3 is 4.74 Å². The first kappa shape index (κ1) is 14.5. The predicted octanol–water partition coefficient (Wildman–Crippen LogP) is 3.56. The van der Waals surface area contributed by atoms with E-state index < -0.39 is 0 Å². The first-order chi connectivity index (χ1) is 10.1. The van der Waals surface area contributed by atoms with Gasteiger partial charge in [-0.2, -0.15) is 5.10 Å². The summed E-state index contributed by atoms with van der Waals surface area (Å²) < 4.78 is 9.36. The van der Waals surface area contributed by atoms with Gasteiger partial charge in [0.15, 0.2) is 5.65 Å². The maximum absolute atomic E-state index is 6.41. The Morgan fingerprint density at radius 1 is 1.43 bits per heavy atom. The van der Waals surface area contributed by atoms with Crippen LogP contribution in [0.15, 0.2) is 29.3 Å². The molecular weight excluding hydrogens is 358 g/mol. The highest BCUT2D eigenvalue weighted by Crippen LogP contribution is 2.29. The topological polar surface area (TPSA) is 57.2 Å². The van der Waals surface area contributed by atoms with Crippen LogP contribution in [-0.4, -0.2) is 31.0 Å². The summed E-state index contributed by atoms with van der Waals surface area (Å²) in [6.45, 7) is 4.53. The largest absolute Gasteiger partial charge is 0.357 e. The minimum atomic E-state index is -0.119. The molecule has 0 spiro atoms. The van der Waals surface area contributed by atoms with Gasteiger partial charge in [-0.25, -0.2) is 14.2 Å². The van der Waals surface area contributed by atoms with Gasteiger partial charge >= 0.3 is 0 Å². The Morgan fingerprint density at radius 3 is 3.00 bits per heavy atom. The van der Waals surface area contributed by atoms with Crippen LogP contribution >= 0.6 is 27.5 Å². The van der Waals surface area contributed by atoms with Crippen LogP contribution in [0, 0.1) is 0 Å². The zero-order valence-corrected chi connectivity index (χ0v) is 13.8. The lowest BCUT2D eigenvalue weighted by molar-refractivity contribution is 0.0160. The molecule has 3 heterocycles. The Kier molecular flexibility index (Phi) is 3.97. The standard InChI is InChI=1S/C13H13BrClN5O/c1-3-21-8(2)19-7-9(6-16-19)10-4-5-11-17-13(14)18-20(11)12(10)15/h4-8H,3H2,1-2H3. The summed E-state index contributed by atoms with van der Waals surface area (Å²) in [5.74, 6) is 0. The van der Waals surface area contributed by atoms with Crippen molar-refractivity contribution in [2.24, 2.45) is 0 Å². The molecule has 8 heteroatoms. The van der Waals surface area contributed by atoms with Gasteiger partial charge in [-0.05, 0) is 41.9 Å². The molecule has 21 heavy (non-hydrogen) atoms. The van der Waals surface area contributed by atoms with Crippen molar-refractivity contribution in [3.8, 4) is 11.1 Å². The number of hydrogen-bond donors (Lipinski definition) is 0. The number of fused-ring (bicyclic) bond motifs is 1. The molecule has 0 saturated heterocycles. The van der Waals surface area contributed by atoms with Crippen LogP contribution in [0.1, 0.15) is 20.1 Å². The molecular formula is C13H13BrClN5O. The summed E-state index contributed by atoms with van der Waals surface area (Å²) in [5, 5.41) is 9.02. The molecule has 3 aromatic rings. The van der Waals surface area contributed by atoms with Gasteiger partial charge in [0.1, 0.15) is 11.4 Å². The van der Waals surface area contributed by atoms with E-state index in [0.29, 0.717) is 22.1 Å². The first-order valence-corrected chi connectivity index (χ1v) is 7.64. The number of ether oxygens (including phenoxy) is 1. The number of halogens is 2. The van der Waals surface area contributed by atoms with E-state index in [-0.39, 0.29) is 6.23 Å². The van der Waals surface area contributed by atoms with Crippen LogP contribution in [0.2, 0.25) is 5.15 Å². The van der Waals surface area contributed by atoms with Crippen molar-refractivity contribution in [3.05, 3.63) is 34.4 Å². The van der Waals surface area contributed by atoms with Gasteiger partial charge in [0.05, 0.1) is 6.20 Å². The quantitative estimate of drug-likeness (QED) is 0.659. The van der Waals surface area contributed by atoms with E-state index in [9.17, 15) is 0 Å². The van der Waals surface area contributed by atoms with Gasteiger partial charge in [0.2, 0.25) is 4.73 Å². The monoisotopic (exact) mass is 369 g/mol. The molecule has 0 aliphatic carbocycles. The van der Waals surface area contributed by atoms with Crippen LogP contribution in [0.5, 0.6) is 0 Å². The highest BCUT2D eigenvalue weighted by Gasteiger charge is 2.13. The van der Waals surface area contributed by atoms with Crippen LogP contribution in [-0.2, 0) is 4.74 Å². The average molecular weight is 371 g/mol.